The molecule has 0 aromatic heterocycles. The fourth-order valence-corrected chi connectivity index (χ4v) is 15.1. The molecule has 80 heavy (non-hydrogen) atoms. The van der Waals surface area contributed by atoms with Gasteiger partial charge in [-0.1, -0.05) is 130 Å². The molecule has 12 nitrogen and oxygen atoms in total. The standard InChI is InChI=1S/C68H100N4O8/c1-5-21-45-49-33-51(63(75)57(61(49)73)37-69-41-25-13-9-14-26-41)46(22-6-2)53-35-55(67(79)59(65(53)77)39-71-43-29-17-11-18-30-43)48(24-8-4)56-36-54(66(78)60(68(56)80)40-72-44-31-19-12-20-32-44)47(23-7-3)52-34-50(45)62(74)58(64(52)76)38-70-42-27-15-10-16-28-42/h33-36,41-48,69-80H,5-32,37-40H2,1-4H3. The molecule has 0 atom stereocenters. The zero-order valence-corrected chi connectivity index (χ0v) is 49.1. The first-order chi connectivity index (χ1) is 38.9. The molecule has 0 heterocycles. The second kappa shape index (κ2) is 27.9. The summed E-state index contributed by atoms with van der Waals surface area (Å²) in [4.78, 5) is 0. The van der Waals surface area contributed by atoms with Crippen molar-refractivity contribution in [2.45, 2.75) is 281 Å². The van der Waals surface area contributed by atoms with Crippen LogP contribution in [0.15, 0.2) is 24.3 Å². The number of phenols is 8. The van der Waals surface area contributed by atoms with E-state index in [-0.39, 0.29) is 96.3 Å². The maximum atomic E-state index is 13.0. The molecule has 0 amide bonds. The second-order valence-electron chi connectivity index (χ2n) is 25.2. The van der Waals surface area contributed by atoms with Gasteiger partial charge in [-0.05, 0) is 101 Å². The van der Waals surface area contributed by atoms with Crippen molar-refractivity contribution in [1.82, 2.24) is 21.3 Å². The smallest absolute Gasteiger partial charge is 0.127 e. The Balaban J connectivity index is 1.37. The molecule has 0 radical (unpaired) electrons. The largest absolute Gasteiger partial charge is 0.507 e. The summed E-state index contributed by atoms with van der Waals surface area (Å²) in [7, 11) is 0. The molecule has 0 saturated heterocycles. The van der Waals surface area contributed by atoms with Gasteiger partial charge in [0.15, 0.2) is 0 Å². The number of hydrogen-bond donors (Lipinski definition) is 12. The topological polar surface area (TPSA) is 210 Å². The molecule has 5 aliphatic carbocycles. The van der Waals surface area contributed by atoms with Gasteiger partial charge in [-0.15, -0.1) is 0 Å². The number of rotatable bonds is 20. The normalized spacial score (nSPS) is 21.8. The molecule has 0 aliphatic heterocycles. The molecule has 4 aromatic carbocycles. The van der Waals surface area contributed by atoms with E-state index in [0.717, 1.165) is 103 Å². The van der Waals surface area contributed by atoms with Crippen molar-refractivity contribution in [3.63, 3.8) is 0 Å². The molecule has 0 spiro atoms. The van der Waals surface area contributed by atoms with Crippen LogP contribution in [0.1, 0.15) is 298 Å². The van der Waals surface area contributed by atoms with Gasteiger partial charge in [0.1, 0.15) is 46.0 Å². The van der Waals surface area contributed by atoms with Gasteiger partial charge in [0.2, 0.25) is 0 Å². The maximum absolute atomic E-state index is 13.0. The van der Waals surface area contributed by atoms with E-state index in [1.54, 1.807) is 0 Å². The van der Waals surface area contributed by atoms with Gasteiger partial charge in [0, 0.05) is 119 Å². The quantitative estimate of drug-likeness (QED) is 0.0399. The van der Waals surface area contributed by atoms with Crippen LogP contribution >= 0.6 is 0 Å². The number of nitrogens with one attached hydrogen (secondary N) is 4. The highest BCUT2D eigenvalue weighted by molar-refractivity contribution is 5.68. The highest BCUT2D eigenvalue weighted by Crippen LogP contribution is 2.56. The fourth-order valence-electron chi connectivity index (χ4n) is 15.1. The van der Waals surface area contributed by atoms with Crippen LogP contribution in [-0.2, 0) is 26.2 Å². The molecule has 8 bridgehead atoms. The first kappa shape index (κ1) is 59.7. The Morgan fingerprint density at radius 3 is 0.588 bits per heavy atom. The van der Waals surface area contributed by atoms with Crippen LogP contribution in [0.3, 0.4) is 0 Å². The van der Waals surface area contributed by atoms with Gasteiger partial charge in [-0.3, -0.25) is 0 Å². The third-order valence-electron chi connectivity index (χ3n) is 19.7. The van der Waals surface area contributed by atoms with Crippen LogP contribution in [0.4, 0.5) is 0 Å². The van der Waals surface area contributed by atoms with Gasteiger partial charge in [-0.25, -0.2) is 0 Å². The van der Waals surface area contributed by atoms with E-state index in [9.17, 15) is 40.9 Å². The molecule has 4 saturated carbocycles. The van der Waals surface area contributed by atoms with Crippen molar-refractivity contribution in [3.8, 4) is 46.0 Å². The minimum Gasteiger partial charge on any atom is -0.507 e. The number of hydrogen-bond acceptors (Lipinski definition) is 12. The van der Waals surface area contributed by atoms with Gasteiger partial charge >= 0.3 is 0 Å². The van der Waals surface area contributed by atoms with Crippen LogP contribution in [-0.4, -0.2) is 65.0 Å². The highest BCUT2D eigenvalue weighted by atomic mass is 16.3. The van der Waals surface area contributed by atoms with Crippen molar-refractivity contribution in [3.05, 3.63) is 91.0 Å². The summed E-state index contributed by atoms with van der Waals surface area (Å²) < 4.78 is 0. The number of aromatic hydroxyl groups is 8. The summed E-state index contributed by atoms with van der Waals surface area (Å²) in [5.41, 5.74) is 5.85. The van der Waals surface area contributed by atoms with Crippen LogP contribution in [0.5, 0.6) is 46.0 Å². The highest BCUT2D eigenvalue weighted by Gasteiger charge is 2.38. The molecule has 4 fully saturated rings. The minimum atomic E-state index is -0.620. The molecule has 5 aliphatic rings. The minimum absolute atomic E-state index is 0.0442. The van der Waals surface area contributed by atoms with E-state index >= 15 is 0 Å². The van der Waals surface area contributed by atoms with Crippen LogP contribution in [0, 0.1) is 0 Å². The number of phenolic OH excluding ortho intramolecular Hbond substituents is 8. The van der Waals surface area contributed by atoms with E-state index in [0.29, 0.717) is 118 Å². The lowest BCUT2D eigenvalue weighted by Crippen LogP contribution is -2.31. The lowest BCUT2D eigenvalue weighted by atomic mass is 9.74. The van der Waals surface area contributed by atoms with Crippen molar-refractivity contribution in [1.29, 1.82) is 0 Å². The molecular formula is C68H100N4O8. The van der Waals surface area contributed by atoms with Crippen LogP contribution in [0.2, 0.25) is 0 Å². The van der Waals surface area contributed by atoms with Crippen LogP contribution < -0.4 is 21.3 Å². The first-order valence-electron chi connectivity index (χ1n) is 32.1. The van der Waals surface area contributed by atoms with Crippen molar-refractivity contribution >= 4 is 0 Å². The third-order valence-corrected chi connectivity index (χ3v) is 19.7. The van der Waals surface area contributed by atoms with E-state index in [2.05, 4.69) is 49.0 Å². The fraction of sp³-hybridized carbons (Fsp3) is 0.647. The summed E-state index contributed by atoms with van der Waals surface area (Å²) >= 11 is 0. The second-order valence-corrected chi connectivity index (χ2v) is 25.2. The van der Waals surface area contributed by atoms with Gasteiger partial charge in [0.05, 0.1) is 22.3 Å². The Labute approximate surface area is 478 Å². The van der Waals surface area contributed by atoms with Crippen molar-refractivity contribution in [2.75, 3.05) is 0 Å². The SMILES string of the molecule is CCCC1c2cc(c(O)c(CNC3CCCCC3)c2O)C(CCC)c2cc(c(O)c(CNC3CCCCC3)c2O)C(CCC)c2cc(c(O)c(CNC3CCCCC3)c2O)C(CCC)c2cc1c(O)c(CNC1CCCCC1)c2O. The zero-order valence-electron chi connectivity index (χ0n) is 49.1. The van der Waals surface area contributed by atoms with E-state index in [1.807, 2.05) is 24.3 Å². The summed E-state index contributed by atoms with van der Waals surface area (Å²) in [6, 6.07) is 8.50. The Morgan fingerprint density at radius 2 is 0.438 bits per heavy atom. The number of benzene rings is 4. The summed E-state index contributed by atoms with van der Waals surface area (Å²) in [6.45, 7) is 9.19. The predicted molar refractivity (Wildman–Crippen MR) is 321 cm³/mol. The molecule has 0 unspecified atom stereocenters. The average molecular weight is 1100 g/mol. The molecule has 440 valence electrons. The Kier molecular flexibility index (Phi) is 20.9. The summed E-state index contributed by atoms with van der Waals surface area (Å²) in [5.74, 6) is -2.83. The average Bonchev–Trinajstić information content (AvgIpc) is 3.56. The van der Waals surface area contributed by atoms with Crippen molar-refractivity contribution in [2.24, 2.45) is 0 Å². The molecule has 9 rings (SSSR count). The third kappa shape index (κ3) is 13.0. The molecule has 4 aromatic rings. The molecular weight excluding hydrogens is 1000 g/mol. The number of fused-ring (bicyclic) bond motifs is 8. The lowest BCUT2D eigenvalue weighted by molar-refractivity contribution is 0.359. The van der Waals surface area contributed by atoms with Crippen molar-refractivity contribution < 1.29 is 40.9 Å². The van der Waals surface area contributed by atoms with Gasteiger partial charge < -0.3 is 62.1 Å². The Bertz CT molecular complexity index is 2220. The molecule has 12 N–H and O–H groups in total. The van der Waals surface area contributed by atoms with Crippen LogP contribution in [0.25, 0.3) is 0 Å². The lowest BCUT2D eigenvalue weighted by Gasteiger charge is -2.32. The van der Waals surface area contributed by atoms with E-state index in [1.165, 1.54) is 25.7 Å². The summed E-state index contributed by atoms with van der Waals surface area (Å²) in [5, 5.41) is 119. The van der Waals surface area contributed by atoms with E-state index in [4.69, 9.17) is 0 Å². The monoisotopic (exact) mass is 1100 g/mol. The Morgan fingerprint density at radius 1 is 0.275 bits per heavy atom. The predicted octanol–water partition coefficient (Wildman–Crippen LogP) is 15.1. The zero-order chi connectivity index (χ0) is 56.5. The first-order valence-corrected chi connectivity index (χ1v) is 32.1. The Hall–Kier alpha value is -4.88. The maximum Gasteiger partial charge on any atom is 0.127 e. The summed E-state index contributed by atoms with van der Waals surface area (Å²) in [6.07, 6.45) is 26.3. The van der Waals surface area contributed by atoms with Gasteiger partial charge in [0.25, 0.3) is 0 Å². The molecule has 12 heteroatoms. The van der Waals surface area contributed by atoms with E-state index < -0.39 is 23.7 Å². The van der Waals surface area contributed by atoms with Gasteiger partial charge in [-0.2, -0.15) is 0 Å².